The maximum atomic E-state index is 5.99. The number of benzene rings is 2. The fourth-order valence-corrected chi connectivity index (χ4v) is 2.34. The van der Waals surface area contributed by atoms with Crippen molar-refractivity contribution in [3.63, 3.8) is 0 Å². The quantitative estimate of drug-likeness (QED) is 0.732. The largest absolute Gasteiger partial charge is 0.497 e. The molecule has 0 unspecified atom stereocenters. The molecule has 0 aliphatic rings. The molecule has 0 bridgehead atoms. The van der Waals surface area contributed by atoms with E-state index in [1.165, 1.54) is 11.1 Å². The lowest BCUT2D eigenvalue weighted by atomic mass is 9.85. The molecule has 2 aromatic carbocycles. The van der Waals surface area contributed by atoms with Crippen LogP contribution < -0.4 is 9.47 Å². The van der Waals surface area contributed by atoms with Gasteiger partial charge in [-0.05, 0) is 41.3 Å². The number of hydrogen-bond acceptors (Lipinski definition) is 2. The standard InChI is InChI=1S/C20H26O2/c1-15(2)16-9-11-18(12-10-16)22-14-20(3,4)17-7-6-8-19(13-17)21-5/h6-13,15H,14H2,1-5H3. The van der Waals surface area contributed by atoms with E-state index >= 15 is 0 Å². The van der Waals surface area contributed by atoms with Gasteiger partial charge in [0.25, 0.3) is 0 Å². The predicted octanol–water partition coefficient (Wildman–Crippen LogP) is 5.18. The summed E-state index contributed by atoms with van der Waals surface area (Å²) in [5, 5.41) is 0. The Labute approximate surface area is 134 Å². The molecule has 2 aromatic rings. The third-order valence-corrected chi connectivity index (χ3v) is 4.00. The predicted molar refractivity (Wildman–Crippen MR) is 92.0 cm³/mol. The second kappa shape index (κ2) is 6.87. The number of rotatable bonds is 6. The van der Waals surface area contributed by atoms with Gasteiger partial charge in [0.05, 0.1) is 13.7 Å². The lowest BCUT2D eigenvalue weighted by molar-refractivity contribution is 0.240. The second-order valence-corrected chi connectivity index (χ2v) is 6.63. The molecule has 0 atom stereocenters. The van der Waals surface area contributed by atoms with Crippen LogP contribution in [0.2, 0.25) is 0 Å². The van der Waals surface area contributed by atoms with Crippen LogP contribution in [0.15, 0.2) is 48.5 Å². The smallest absolute Gasteiger partial charge is 0.119 e. The van der Waals surface area contributed by atoms with Gasteiger partial charge in [0, 0.05) is 5.41 Å². The normalized spacial score (nSPS) is 11.5. The van der Waals surface area contributed by atoms with Gasteiger partial charge in [0.15, 0.2) is 0 Å². The van der Waals surface area contributed by atoms with Crippen LogP contribution in [0.1, 0.15) is 44.7 Å². The van der Waals surface area contributed by atoms with Crippen molar-refractivity contribution < 1.29 is 9.47 Å². The zero-order chi connectivity index (χ0) is 16.2. The molecule has 0 amide bonds. The molecule has 22 heavy (non-hydrogen) atoms. The number of methoxy groups -OCH3 is 1. The minimum atomic E-state index is -0.0781. The van der Waals surface area contributed by atoms with Crippen molar-refractivity contribution in [2.45, 2.75) is 39.0 Å². The molecule has 0 N–H and O–H groups in total. The third kappa shape index (κ3) is 4.03. The van der Waals surface area contributed by atoms with Crippen LogP contribution in [-0.4, -0.2) is 13.7 Å². The van der Waals surface area contributed by atoms with Gasteiger partial charge >= 0.3 is 0 Å². The molecule has 0 spiro atoms. The molecule has 0 aliphatic carbocycles. The van der Waals surface area contributed by atoms with Crippen molar-refractivity contribution in [3.05, 3.63) is 59.7 Å². The summed E-state index contributed by atoms with van der Waals surface area (Å²) in [6.45, 7) is 9.39. The monoisotopic (exact) mass is 298 g/mol. The van der Waals surface area contributed by atoms with E-state index in [4.69, 9.17) is 9.47 Å². The fourth-order valence-electron chi connectivity index (χ4n) is 2.34. The summed E-state index contributed by atoms with van der Waals surface area (Å²) in [5.74, 6) is 2.34. The van der Waals surface area contributed by atoms with E-state index in [1.807, 2.05) is 12.1 Å². The number of hydrogen-bond donors (Lipinski definition) is 0. The molecule has 0 aromatic heterocycles. The van der Waals surface area contributed by atoms with E-state index in [-0.39, 0.29) is 5.41 Å². The zero-order valence-electron chi connectivity index (χ0n) is 14.2. The first-order chi connectivity index (χ1) is 10.4. The summed E-state index contributed by atoms with van der Waals surface area (Å²) in [7, 11) is 1.69. The highest BCUT2D eigenvalue weighted by molar-refractivity contribution is 5.34. The highest BCUT2D eigenvalue weighted by Gasteiger charge is 2.22. The molecule has 2 rings (SSSR count). The fraction of sp³-hybridized carbons (Fsp3) is 0.400. The van der Waals surface area contributed by atoms with Crippen LogP contribution >= 0.6 is 0 Å². The van der Waals surface area contributed by atoms with E-state index < -0.39 is 0 Å². The summed E-state index contributed by atoms with van der Waals surface area (Å²) in [6.07, 6.45) is 0. The van der Waals surface area contributed by atoms with Gasteiger partial charge in [0.2, 0.25) is 0 Å². The van der Waals surface area contributed by atoms with Gasteiger partial charge in [-0.3, -0.25) is 0 Å². The molecule has 0 radical (unpaired) electrons. The van der Waals surface area contributed by atoms with E-state index in [1.54, 1.807) is 7.11 Å². The average Bonchev–Trinajstić information content (AvgIpc) is 2.53. The zero-order valence-corrected chi connectivity index (χ0v) is 14.2. The Morgan fingerprint density at radius 1 is 0.955 bits per heavy atom. The van der Waals surface area contributed by atoms with E-state index in [2.05, 4.69) is 64.1 Å². The van der Waals surface area contributed by atoms with Crippen LogP contribution in [0.4, 0.5) is 0 Å². The minimum Gasteiger partial charge on any atom is -0.497 e. The van der Waals surface area contributed by atoms with Crippen LogP contribution in [0.3, 0.4) is 0 Å². The molecule has 0 fully saturated rings. The Bertz CT molecular complexity index is 597. The molecule has 0 heterocycles. The van der Waals surface area contributed by atoms with E-state index in [9.17, 15) is 0 Å². The summed E-state index contributed by atoms with van der Waals surface area (Å²) in [6, 6.07) is 16.6. The van der Waals surface area contributed by atoms with Crippen LogP contribution in [-0.2, 0) is 5.41 Å². The Balaban J connectivity index is 2.05. The molecule has 0 aliphatic heterocycles. The van der Waals surface area contributed by atoms with Crippen molar-refractivity contribution in [1.82, 2.24) is 0 Å². The first-order valence-corrected chi connectivity index (χ1v) is 7.79. The van der Waals surface area contributed by atoms with Gasteiger partial charge < -0.3 is 9.47 Å². The van der Waals surface area contributed by atoms with Crippen molar-refractivity contribution >= 4 is 0 Å². The second-order valence-electron chi connectivity index (χ2n) is 6.63. The molecule has 0 saturated carbocycles. The summed E-state index contributed by atoms with van der Waals surface area (Å²) in [5.41, 5.74) is 2.47. The maximum Gasteiger partial charge on any atom is 0.119 e. The SMILES string of the molecule is COc1cccc(C(C)(C)COc2ccc(C(C)C)cc2)c1. The van der Waals surface area contributed by atoms with E-state index in [0.717, 1.165) is 11.5 Å². The molecule has 0 saturated heterocycles. The third-order valence-electron chi connectivity index (χ3n) is 4.00. The van der Waals surface area contributed by atoms with Crippen molar-refractivity contribution in [2.75, 3.05) is 13.7 Å². The highest BCUT2D eigenvalue weighted by atomic mass is 16.5. The van der Waals surface area contributed by atoms with Gasteiger partial charge in [-0.25, -0.2) is 0 Å². The van der Waals surface area contributed by atoms with Gasteiger partial charge in [-0.2, -0.15) is 0 Å². The number of ether oxygens (including phenoxy) is 2. The van der Waals surface area contributed by atoms with E-state index in [0.29, 0.717) is 12.5 Å². The first-order valence-electron chi connectivity index (χ1n) is 7.79. The van der Waals surface area contributed by atoms with Crippen molar-refractivity contribution in [2.24, 2.45) is 0 Å². The first kappa shape index (κ1) is 16.4. The summed E-state index contributed by atoms with van der Waals surface area (Å²) in [4.78, 5) is 0. The van der Waals surface area contributed by atoms with Crippen LogP contribution in [0.25, 0.3) is 0 Å². The topological polar surface area (TPSA) is 18.5 Å². The van der Waals surface area contributed by atoms with Crippen molar-refractivity contribution in [1.29, 1.82) is 0 Å². The van der Waals surface area contributed by atoms with Gasteiger partial charge in [-0.15, -0.1) is 0 Å². The lowest BCUT2D eigenvalue weighted by Crippen LogP contribution is -2.26. The van der Waals surface area contributed by atoms with Crippen LogP contribution in [0, 0.1) is 0 Å². The maximum absolute atomic E-state index is 5.99. The average molecular weight is 298 g/mol. The molecular weight excluding hydrogens is 272 g/mol. The molecular formula is C20H26O2. The Kier molecular flexibility index (Phi) is 5.12. The highest BCUT2D eigenvalue weighted by Crippen LogP contribution is 2.28. The minimum absolute atomic E-state index is 0.0781. The molecule has 2 nitrogen and oxygen atoms in total. The summed E-state index contributed by atoms with van der Waals surface area (Å²) >= 11 is 0. The van der Waals surface area contributed by atoms with Crippen molar-refractivity contribution in [3.8, 4) is 11.5 Å². The van der Waals surface area contributed by atoms with Gasteiger partial charge in [0.1, 0.15) is 11.5 Å². The summed E-state index contributed by atoms with van der Waals surface area (Å²) < 4.78 is 11.3. The Morgan fingerprint density at radius 3 is 2.23 bits per heavy atom. The lowest BCUT2D eigenvalue weighted by Gasteiger charge is -2.26. The van der Waals surface area contributed by atoms with Gasteiger partial charge in [-0.1, -0.05) is 52.0 Å². The Morgan fingerprint density at radius 2 is 1.64 bits per heavy atom. The van der Waals surface area contributed by atoms with Crippen LogP contribution in [0.5, 0.6) is 11.5 Å². The molecule has 118 valence electrons. The molecule has 2 heteroatoms. The Hall–Kier alpha value is -1.96.